The molecule has 1 aromatic rings. The highest BCUT2D eigenvalue weighted by molar-refractivity contribution is 6.05. The largest absolute Gasteiger partial charge is 0.393 e. The molecule has 7 nitrogen and oxygen atoms in total. The predicted molar refractivity (Wildman–Crippen MR) is 119 cm³/mol. The van der Waals surface area contributed by atoms with E-state index in [0.29, 0.717) is 24.4 Å². The van der Waals surface area contributed by atoms with E-state index >= 15 is 0 Å². The highest BCUT2D eigenvalue weighted by Crippen LogP contribution is 2.34. The van der Waals surface area contributed by atoms with Gasteiger partial charge in [0.15, 0.2) is 0 Å². The zero-order valence-electron chi connectivity index (χ0n) is 18.6. The van der Waals surface area contributed by atoms with Crippen molar-refractivity contribution in [3.8, 4) is 0 Å². The Labute approximate surface area is 189 Å². The van der Waals surface area contributed by atoms with Gasteiger partial charge in [0, 0.05) is 25.1 Å². The Balaban J connectivity index is 1.19. The molecule has 0 aromatic heterocycles. The predicted octanol–water partition coefficient (Wildman–Crippen LogP) is 2.18. The lowest BCUT2D eigenvalue weighted by molar-refractivity contribution is -0.136. The second-order valence-electron chi connectivity index (χ2n) is 10.1. The molecule has 3 heterocycles. The summed E-state index contributed by atoms with van der Waals surface area (Å²) in [6.45, 7) is 3.80. The Morgan fingerprint density at radius 2 is 1.72 bits per heavy atom. The smallest absolute Gasteiger partial charge is 0.255 e. The van der Waals surface area contributed by atoms with Crippen LogP contribution in [0.5, 0.6) is 0 Å². The van der Waals surface area contributed by atoms with E-state index in [0.717, 1.165) is 69.6 Å². The fraction of sp³-hybridized carbons (Fsp3) is 0.640. The number of carbonyl (C=O) groups excluding carboxylic acids is 3. The molecule has 172 valence electrons. The molecule has 0 bridgehead atoms. The molecule has 0 radical (unpaired) electrons. The second-order valence-corrected chi connectivity index (χ2v) is 10.1. The van der Waals surface area contributed by atoms with Crippen LogP contribution in [0.2, 0.25) is 0 Å². The maximum absolute atomic E-state index is 12.9. The molecule has 1 saturated carbocycles. The minimum atomic E-state index is -0.555. The van der Waals surface area contributed by atoms with E-state index in [1.807, 2.05) is 6.07 Å². The van der Waals surface area contributed by atoms with E-state index in [1.54, 1.807) is 4.90 Å². The quantitative estimate of drug-likeness (QED) is 0.702. The SMILES string of the molecule is O=C1CCC(N2Cc3cc(C4CCN(C[C@H]5CC[C@H](O)CC5)CC4)ccc3C2=O)C(=O)N1. The lowest BCUT2D eigenvalue weighted by Crippen LogP contribution is -2.52. The second kappa shape index (κ2) is 8.94. The number of aliphatic hydroxyl groups excluding tert-OH is 1. The van der Waals surface area contributed by atoms with E-state index < -0.39 is 6.04 Å². The van der Waals surface area contributed by atoms with Crippen LogP contribution in [0.3, 0.4) is 0 Å². The fourth-order valence-electron chi connectivity index (χ4n) is 5.99. The average molecular weight is 440 g/mol. The lowest BCUT2D eigenvalue weighted by atomic mass is 9.85. The van der Waals surface area contributed by atoms with E-state index in [-0.39, 0.29) is 30.2 Å². The molecule has 1 aromatic carbocycles. The molecule has 32 heavy (non-hydrogen) atoms. The number of aliphatic hydroxyl groups is 1. The van der Waals surface area contributed by atoms with Crippen LogP contribution in [0.4, 0.5) is 0 Å². The highest BCUT2D eigenvalue weighted by atomic mass is 16.3. The summed E-state index contributed by atoms with van der Waals surface area (Å²) in [7, 11) is 0. The zero-order chi connectivity index (χ0) is 22.2. The van der Waals surface area contributed by atoms with Gasteiger partial charge in [0.05, 0.1) is 6.10 Å². The number of likely N-dealkylation sites (tertiary alicyclic amines) is 1. The number of nitrogens with zero attached hydrogens (tertiary/aromatic N) is 2. The van der Waals surface area contributed by atoms with E-state index in [9.17, 15) is 19.5 Å². The van der Waals surface area contributed by atoms with Crippen LogP contribution in [-0.4, -0.2) is 64.4 Å². The molecule has 1 aliphatic carbocycles. The first-order valence-electron chi connectivity index (χ1n) is 12.2. The van der Waals surface area contributed by atoms with Gasteiger partial charge in [-0.25, -0.2) is 0 Å². The average Bonchev–Trinajstić information content (AvgIpc) is 3.11. The number of amides is 3. The Morgan fingerprint density at radius 1 is 0.969 bits per heavy atom. The zero-order valence-corrected chi connectivity index (χ0v) is 18.6. The molecular formula is C25H33N3O4. The van der Waals surface area contributed by atoms with Crippen LogP contribution in [-0.2, 0) is 16.1 Å². The first kappa shape index (κ1) is 21.6. The molecule has 2 saturated heterocycles. The summed E-state index contributed by atoms with van der Waals surface area (Å²) >= 11 is 0. The molecule has 5 rings (SSSR count). The third kappa shape index (κ3) is 4.33. The van der Waals surface area contributed by atoms with Crippen molar-refractivity contribution in [2.45, 2.75) is 76.0 Å². The number of carbonyl (C=O) groups is 3. The standard InChI is InChI=1S/C25H33N3O4/c29-20-4-1-16(2-5-20)14-27-11-9-17(10-12-27)18-3-6-21-19(13-18)15-28(25(21)32)22-7-8-23(30)26-24(22)31/h3,6,13,16-17,20,22,29H,1-2,4-5,7-12,14-15H2,(H,26,30,31)/t16-,20-,22?. The van der Waals surface area contributed by atoms with Gasteiger partial charge in [-0.1, -0.05) is 12.1 Å². The summed E-state index contributed by atoms with van der Waals surface area (Å²) in [6, 6.07) is 5.63. The van der Waals surface area contributed by atoms with Crippen molar-refractivity contribution in [1.29, 1.82) is 0 Å². The minimum absolute atomic E-state index is 0.0883. The molecule has 2 N–H and O–H groups in total. The lowest BCUT2D eigenvalue weighted by Gasteiger charge is -2.36. The topological polar surface area (TPSA) is 90.0 Å². The first-order valence-corrected chi connectivity index (χ1v) is 12.2. The van der Waals surface area contributed by atoms with Crippen LogP contribution < -0.4 is 5.32 Å². The maximum atomic E-state index is 12.9. The van der Waals surface area contributed by atoms with E-state index in [1.165, 1.54) is 5.56 Å². The Hall–Kier alpha value is -2.25. The number of nitrogens with one attached hydrogen (secondary N) is 1. The van der Waals surface area contributed by atoms with Gasteiger partial charge in [-0.15, -0.1) is 0 Å². The van der Waals surface area contributed by atoms with Gasteiger partial charge in [-0.2, -0.15) is 0 Å². The van der Waals surface area contributed by atoms with Gasteiger partial charge in [0.25, 0.3) is 5.91 Å². The third-order valence-electron chi connectivity index (χ3n) is 7.94. The molecule has 1 unspecified atom stereocenters. The molecule has 3 aliphatic heterocycles. The summed E-state index contributed by atoms with van der Waals surface area (Å²) < 4.78 is 0. The van der Waals surface area contributed by atoms with Gasteiger partial charge in [0.1, 0.15) is 6.04 Å². The molecule has 7 heteroatoms. The van der Waals surface area contributed by atoms with Crippen molar-refractivity contribution in [3.63, 3.8) is 0 Å². The number of fused-ring (bicyclic) bond motifs is 1. The maximum Gasteiger partial charge on any atom is 0.255 e. The van der Waals surface area contributed by atoms with Crippen molar-refractivity contribution in [3.05, 3.63) is 34.9 Å². The van der Waals surface area contributed by atoms with Crippen LogP contribution in [0, 0.1) is 5.92 Å². The van der Waals surface area contributed by atoms with Crippen LogP contribution >= 0.6 is 0 Å². The van der Waals surface area contributed by atoms with E-state index in [2.05, 4.69) is 22.3 Å². The van der Waals surface area contributed by atoms with Crippen molar-refractivity contribution < 1.29 is 19.5 Å². The first-order chi connectivity index (χ1) is 15.5. The van der Waals surface area contributed by atoms with Gasteiger partial charge < -0.3 is 14.9 Å². The Morgan fingerprint density at radius 3 is 2.44 bits per heavy atom. The molecule has 0 spiro atoms. The van der Waals surface area contributed by atoms with Gasteiger partial charge in [-0.3, -0.25) is 19.7 Å². The summed E-state index contributed by atoms with van der Waals surface area (Å²) in [6.07, 6.45) is 7.02. The number of imide groups is 1. The summed E-state index contributed by atoms with van der Waals surface area (Å²) in [4.78, 5) is 40.8. The Kier molecular flexibility index (Phi) is 6.03. The number of hydrogen-bond acceptors (Lipinski definition) is 5. The summed E-state index contributed by atoms with van der Waals surface area (Å²) in [5.41, 5.74) is 2.98. The summed E-state index contributed by atoms with van der Waals surface area (Å²) in [5, 5.41) is 12.1. The van der Waals surface area contributed by atoms with Crippen LogP contribution in [0.1, 0.15) is 78.8 Å². The van der Waals surface area contributed by atoms with E-state index in [4.69, 9.17) is 0 Å². The van der Waals surface area contributed by atoms with Crippen LogP contribution in [0.25, 0.3) is 0 Å². The monoisotopic (exact) mass is 439 g/mol. The highest BCUT2D eigenvalue weighted by Gasteiger charge is 2.39. The Bertz CT molecular complexity index is 900. The molecule has 1 atom stereocenters. The molecule has 4 aliphatic rings. The number of rotatable bonds is 4. The van der Waals surface area contributed by atoms with Crippen molar-refractivity contribution in [1.82, 2.24) is 15.1 Å². The normalized spacial score (nSPS) is 29.8. The van der Waals surface area contributed by atoms with Crippen molar-refractivity contribution in [2.24, 2.45) is 5.92 Å². The van der Waals surface area contributed by atoms with Crippen molar-refractivity contribution in [2.75, 3.05) is 19.6 Å². The third-order valence-corrected chi connectivity index (χ3v) is 7.94. The fourth-order valence-corrected chi connectivity index (χ4v) is 5.99. The van der Waals surface area contributed by atoms with Crippen LogP contribution in [0.15, 0.2) is 18.2 Å². The molecular weight excluding hydrogens is 406 g/mol. The van der Waals surface area contributed by atoms with Gasteiger partial charge >= 0.3 is 0 Å². The number of hydrogen-bond donors (Lipinski definition) is 2. The molecule has 3 fully saturated rings. The van der Waals surface area contributed by atoms with Gasteiger partial charge in [-0.05, 0) is 87.1 Å². The number of piperidine rings is 2. The summed E-state index contributed by atoms with van der Waals surface area (Å²) in [5.74, 6) is 0.504. The minimum Gasteiger partial charge on any atom is -0.393 e. The van der Waals surface area contributed by atoms with Crippen molar-refractivity contribution >= 4 is 17.7 Å². The number of benzene rings is 1. The van der Waals surface area contributed by atoms with Gasteiger partial charge in [0.2, 0.25) is 11.8 Å². The molecule has 3 amide bonds.